The molecule has 17 heavy (non-hydrogen) atoms. The second kappa shape index (κ2) is 4.86. The van der Waals surface area contributed by atoms with Crippen LogP contribution in [0.25, 0.3) is 11.4 Å². The van der Waals surface area contributed by atoms with Crippen LogP contribution in [0.4, 0.5) is 5.69 Å². The summed E-state index contributed by atoms with van der Waals surface area (Å²) in [6.45, 7) is 2.10. The van der Waals surface area contributed by atoms with Gasteiger partial charge >= 0.3 is 0 Å². The number of aryl methyl sites for hydroxylation is 1. The number of anilines is 1. The van der Waals surface area contributed by atoms with E-state index >= 15 is 0 Å². The van der Waals surface area contributed by atoms with E-state index in [4.69, 9.17) is 10.5 Å². The number of hydrogen-bond acceptors (Lipinski definition) is 4. The van der Waals surface area contributed by atoms with E-state index in [1.54, 1.807) is 7.11 Å². The highest BCUT2D eigenvalue weighted by Crippen LogP contribution is 2.26. The summed E-state index contributed by atoms with van der Waals surface area (Å²) < 4.78 is 5.11. The van der Waals surface area contributed by atoms with Crippen molar-refractivity contribution in [3.8, 4) is 17.1 Å². The fraction of sp³-hybridized carbons (Fsp3) is 0.333. The molecule has 5 heteroatoms. The maximum atomic E-state index is 5.84. The highest BCUT2D eigenvalue weighted by Gasteiger charge is 2.07. The number of nitrogens with one attached hydrogen (secondary N) is 1. The minimum Gasteiger partial charge on any atom is -0.495 e. The fourth-order valence-electron chi connectivity index (χ4n) is 1.65. The van der Waals surface area contributed by atoms with Crippen molar-refractivity contribution in [3.05, 3.63) is 24.0 Å². The average Bonchev–Trinajstić information content (AvgIpc) is 2.78. The van der Waals surface area contributed by atoms with Gasteiger partial charge in [0.05, 0.1) is 12.8 Å². The SMILES string of the molecule is CCCc1nc(-c2ccc(OC)c(N)c2)n[nH]1. The van der Waals surface area contributed by atoms with Crippen molar-refractivity contribution in [3.63, 3.8) is 0 Å². The third kappa shape index (κ3) is 2.38. The van der Waals surface area contributed by atoms with E-state index in [1.807, 2.05) is 18.2 Å². The molecule has 0 spiro atoms. The number of nitrogen functional groups attached to an aromatic ring is 1. The Morgan fingerprint density at radius 2 is 2.24 bits per heavy atom. The Bertz CT molecular complexity index is 507. The van der Waals surface area contributed by atoms with Crippen molar-refractivity contribution in [2.45, 2.75) is 19.8 Å². The normalized spacial score (nSPS) is 10.5. The number of hydrogen-bond donors (Lipinski definition) is 2. The molecule has 0 atom stereocenters. The number of methoxy groups -OCH3 is 1. The van der Waals surface area contributed by atoms with Crippen molar-refractivity contribution < 1.29 is 4.74 Å². The minimum atomic E-state index is 0.590. The number of aromatic amines is 1. The van der Waals surface area contributed by atoms with E-state index in [9.17, 15) is 0 Å². The molecule has 1 aromatic heterocycles. The minimum absolute atomic E-state index is 0.590. The van der Waals surface area contributed by atoms with Gasteiger partial charge in [-0.25, -0.2) is 4.98 Å². The first-order valence-corrected chi connectivity index (χ1v) is 5.59. The van der Waals surface area contributed by atoms with Gasteiger partial charge in [-0.15, -0.1) is 0 Å². The van der Waals surface area contributed by atoms with Gasteiger partial charge in [0.1, 0.15) is 11.6 Å². The molecule has 0 aliphatic heterocycles. The first-order valence-electron chi connectivity index (χ1n) is 5.59. The molecule has 90 valence electrons. The summed E-state index contributed by atoms with van der Waals surface area (Å²) in [5.41, 5.74) is 7.32. The highest BCUT2D eigenvalue weighted by molar-refractivity contribution is 5.66. The largest absolute Gasteiger partial charge is 0.495 e. The lowest BCUT2D eigenvalue weighted by Gasteiger charge is -2.04. The molecular weight excluding hydrogens is 216 g/mol. The predicted octanol–water partition coefficient (Wildman–Crippen LogP) is 2.02. The Labute approximate surface area is 100 Å². The molecule has 2 rings (SSSR count). The third-order valence-electron chi connectivity index (χ3n) is 2.51. The van der Waals surface area contributed by atoms with E-state index in [2.05, 4.69) is 22.1 Å². The third-order valence-corrected chi connectivity index (χ3v) is 2.51. The van der Waals surface area contributed by atoms with E-state index in [0.29, 0.717) is 17.3 Å². The van der Waals surface area contributed by atoms with Crippen LogP contribution in [-0.4, -0.2) is 22.3 Å². The van der Waals surface area contributed by atoms with Crippen LogP contribution in [0.3, 0.4) is 0 Å². The summed E-state index contributed by atoms with van der Waals surface area (Å²) in [7, 11) is 1.59. The standard InChI is InChI=1S/C12H16N4O/c1-3-4-11-14-12(16-15-11)8-5-6-10(17-2)9(13)7-8/h5-7H,3-4,13H2,1-2H3,(H,14,15,16). The Balaban J connectivity index is 2.29. The predicted molar refractivity (Wildman–Crippen MR) is 66.8 cm³/mol. The van der Waals surface area contributed by atoms with Crippen LogP contribution >= 0.6 is 0 Å². The fourth-order valence-corrected chi connectivity index (χ4v) is 1.65. The topological polar surface area (TPSA) is 76.8 Å². The number of nitrogens with zero attached hydrogens (tertiary/aromatic N) is 2. The maximum Gasteiger partial charge on any atom is 0.181 e. The number of H-pyrrole nitrogens is 1. The molecule has 0 bridgehead atoms. The summed E-state index contributed by atoms with van der Waals surface area (Å²) in [5, 5.41) is 7.09. The smallest absolute Gasteiger partial charge is 0.181 e. The molecule has 0 radical (unpaired) electrons. The van der Waals surface area contributed by atoms with E-state index in [1.165, 1.54) is 0 Å². The highest BCUT2D eigenvalue weighted by atomic mass is 16.5. The number of benzene rings is 1. The molecule has 1 heterocycles. The van der Waals surface area contributed by atoms with Crippen molar-refractivity contribution in [1.29, 1.82) is 0 Å². The van der Waals surface area contributed by atoms with Gasteiger partial charge in [0.25, 0.3) is 0 Å². The van der Waals surface area contributed by atoms with Gasteiger partial charge in [-0.05, 0) is 24.6 Å². The van der Waals surface area contributed by atoms with Gasteiger partial charge in [-0.3, -0.25) is 5.10 Å². The average molecular weight is 232 g/mol. The van der Waals surface area contributed by atoms with Gasteiger partial charge in [0, 0.05) is 12.0 Å². The van der Waals surface area contributed by atoms with Gasteiger partial charge < -0.3 is 10.5 Å². The lowest BCUT2D eigenvalue weighted by Crippen LogP contribution is -1.93. The maximum absolute atomic E-state index is 5.84. The first-order chi connectivity index (χ1) is 8.24. The van der Waals surface area contributed by atoms with Crippen molar-refractivity contribution in [1.82, 2.24) is 15.2 Å². The van der Waals surface area contributed by atoms with Gasteiger partial charge in [0.15, 0.2) is 5.82 Å². The Morgan fingerprint density at radius 3 is 2.88 bits per heavy atom. The van der Waals surface area contributed by atoms with Crippen LogP contribution in [0.15, 0.2) is 18.2 Å². The molecule has 5 nitrogen and oxygen atoms in total. The monoisotopic (exact) mass is 232 g/mol. The van der Waals surface area contributed by atoms with Crippen molar-refractivity contribution >= 4 is 5.69 Å². The zero-order valence-electron chi connectivity index (χ0n) is 10.0. The summed E-state index contributed by atoms with van der Waals surface area (Å²) in [5.74, 6) is 2.23. The molecule has 0 aliphatic rings. The first kappa shape index (κ1) is 11.4. The van der Waals surface area contributed by atoms with Crippen LogP contribution in [-0.2, 0) is 6.42 Å². The molecule has 0 fully saturated rings. The Kier molecular flexibility index (Phi) is 3.27. The molecule has 0 aliphatic carbocycles. The summed E-state index contributed by atoms with van der Waals surface area (Å²) >= 11 is 0. The zero-order valence-corrected chi connectivity index (χ0v) is 10.0. The van der Waals surface area contributed by atoms with Gasteiger partial charge in [-0.1, -0.05) is 6.92 Å². The van der Waals surface area contributed by atoms with Crippen LogP contribution in [0.5, 0.6) is 5.75 Å². The molecule has 1 aromatic carbocycles. The van der Waals surface area contributed by atoms with Crippen molar-refractivity contribution in [2.24, 2.45) is 0 Å². The molecule has 0 amide bonds. The zero-order chi connectivity index (χ0) is 12.3. The molecule has 0 saturated carbocycles. The quantitative estimate of drug-likeness (QED) is 0.790. The molecule has 3 N–H and O–H groups in total. The second-order valence-corrected chi connectivity index (χ2v) is 3.81. The summed E-state index contributed by atoms with van der Waals surface area (Å²) in [4.78, 5) is 4.40. The van der Waals surface area contributed by atoms with Gasteiger partial charge in [-0.2, -0.15) is 5.10 Å². The molecule has 0 unspecified atom stereocenters. The molecular formula is C12H16N4O. The lowest BCUT2D eigenvalue weighted by molar-refractivity contribution is 0.417. The second-order valence-electron chi connectivity index (χ2n) is 3.81. The van der Waals surface area contributed by atoms with Crippen molar-refractivity contribution in [2.75, 3.05) is 12.8 Å². The number of rotatable bonds is 4. The van der Waals surface area contributed by atoms with Crippen LogP contribution in [0, 0.1) is 0 Å². The van der Waals surface area contributed by atoms with E-state index in [0.717, 1.165) is 24.2 Å². The lowest BCUT2D eigenvalue weighted by atomic mass is 10.2. The molecule has 2 aromatic rings. The number of nitrogens with two attached hydrogens (primary N) is 1. The van der Waals surface area contributed by atoms with Crippen LogP contribution < -0.4 is 10.5 Å². The Morgan fingerprint density at radius 1 is 1.41 bits per heavy atom. The molecule has 0 saturated heterocycles. The number of aromatic nitrogens is 3. The van der Waals surface area contributed by atoms with Crippen LogP contribution in [0.1, 0.15) is 19.2 Å². The van der Waals surface area contributed by atoms with E-state index in [-0.39, 0.29) is 0 Å². The number of ether oxygens (including phenoxy) is 1. The summed E-state index contributed by atoms with van der Waals surface area (Å²) in [6, 6.07) is 5.53. The van der Waals surface area contributed by atoms with Gasteiger partial charge in [0.2, 0.25) is 0 Å². The van der Waals surface area contributed by atoms with Crippen LogP contribution in [0.2, 0.25) is 0 Å². The Hall–Kier alpha value is -2.04. The van der Waals surface area contributed by atoms with E-state index < -0.39 is 0 Å². The summed E-state index contributed by atoms with van der Waals surface area (Å²) in [6.07, 6.45) is 1.94.